The maximum atomic E-state index is 12.1. The molecule has 1 aromatic heterocycles. The third kappa shape index (κ3) is 4.14. The minimum atomic E-state index is -1.05. The number of hydrogen-bond acceptors (Lipinski definition) is 4. The topological polar surface area (TPSA) is 88.5 Å². The van der Waals surface area contributed by atoms with Crippen LogP contribution < -0.4 is 5.32 Å². The Balaban J connectivity index is 2.04. The molecule has 0 aliphatic heterocycles. The number of aromatic nitrogens is 1. The Labute approximate surface area is 125 Å². The first-order valence-electron chi connectivity index (χ1n) is 6.21. The number of carbonyl (C=O) groups is 2. The number of nitrogens with zero attached hydrogens (tertiary/aromatic N) is 1. The molecule has 0 aliphatic rings. The largest absolute Gasteiger partial charge is 0.480 e. The first kappa shape index (κ1) is 15.2. The van der Waals surface area contributed by atoms with E-state index in [0.717, 1.165) is 0 Å². The van der Waals surface area contributed by atoms with Crippen LogP contribution in [0.2, 0.25) is 5.15 Å². The highest BCUT2D eigenvalue weighted by molar-refractivity contribution is 6.30. The number of pyridine rings is 1. The Hall–Kier alpha value is -2.18. The summed E-state index contributed by atoms with van der Waals surface area (Å²) in [6.45, 7) is -0.0605. The molecule has 0 atom stereocenters. The smallest absolute Gasteiger partial charge is 0.329 e. The van der Waals surface area contributed by atoms with Gasteiger partial charge >= 0.3 is 5.97 Å². The number of nitrogens with one attached hydrogen (secondary N) is 1. The number of amides is 1. The second kappa shape index (κ2) is 7.01. The van der Waals surface area contributed by atoms with Gasteiger partial charge in [0.15, 0.2) is 0 Å². The van der Waals surface area contributed by atoms with Gasteiger partial charge in [0.2, 0.25) is 0 Å². The van der Waals surface area contributed by atoms with Crippen molar-refractivity contribution in [3.63, 3.8) is 0 Å². The zero-order chi connectivity index (χ0) is 15.2. The maximum Gasteiger partial charge on any atom is 0.329 e. The van der Waals surface area contributed by atoms with Crippen LogP contribution in [0, 0.1) is 0 Å². The van der Waals surface area contributed by atoms with Gasteiger partial charge < -0.3 is 15.2 Å². The van der Waals surface area contributed by atoms with Crippen LogP contribution in [0.3, 0.4) is 0 Å². The molecule has 2 rings (SSSR count). The molecule has 110 valence electrons. The number of carboxylic acid groups (broad SMARTS) is 1. The number of aliphatic carboxylic acids is 1. The summed E-state index contributed by atoms with van der Waals surface area (Å²) in [4.78, 5) is 26.5. The Morgan fingerprint density at radius 1 is 1.33 bits per heavy atom. The third-order valence-electron chi connectivity index (χ3n) is 2.69. The highest BCUT2D eigenvalue weighted by atomic mass is 35.5. The summed E-state index contributed by atoms with van der Waals surface area (Å²) < 4.78 is 4.84. The van der Waals surface area contributed by atoms with Crippen molar-refractivity contribution in [1.29, 1.82) is 0 Å². The van der Waals surface area contributed by atoms with Crippen molar-refractivity contribution in [2.45, 2.75) is 0 Å². The van der Waals surface area contributed by atoms with E-state index in [0.29, 0.717) is 16.5 Å². The summed E-state index contributed by atoms with van der Waals surface area (Å²) in [6.07, 6.45) is 0. The molecule has 0 spiro atoms. The minimum absolute atomic E-state index is 0.120. The highest BCUT2D eigenvalue weighted by Gasteiger charge is 2.11. The summed E-state index contributed by atoms with van der Waals surface area (Å²) >= 11 is 5.91. The molecule has 0 fully saturated rings. The number of carbonyl (C=O) groups excluding carboxylic acids is 1. The first-order chi connectivity index (χ1) is 10.1. The summed E-state index contributed by atoms with van der Waals surface area (Å²) in [5, 5.41) is 12.0. The number of carboxylic acids is 1. The zero-order valence-corrected chi connectivity index (χ0v) is 11.8. The molecular formula is C14H13ClN2O4. The molecule has 2 N–H and O–H groups in total. The number of ether oxygens (including phenoxy) is 1. The minimum Gasteiger partial charge on any atom is -0.480 e. The molecule has 0 saturated carbocycles. The normalized spacial score (nSPS) is 10.5. The fraction of sp³-hybridized carbons (Fsp3) is 0.214. The summed E-state index contributed by atoms with van der Waals surface area (Å²) in [6, 6.07) is 8.68. The Bertz CT molecular complexity index is 675. The van der Waals surface area contributed by atoms with E-state index < -0.39 is 5.97 Å². The van der Waals surface area contributed by atoms with E-state index in [1.165, 1.54) is 6.07 Å². The molecule has 0 radical (unpaired) electrons. The monoisotopic (exact) mass is 308 g/mol. The number of para-hydroxylation sites is 1. The maximum absolute atomic E-state index is 12.1. The lowest BCUT2D eigenvalue weighted by Gasteiger charge is -2.08. The van der Waals surface area contributed by atoms with Gasteiger partial charge in [0.1, 0.15) is 11.8 Å². The molecule has 0 saturated heterocycles. The Morgan fingerprint density at radius 3 is 2.86 bits per heavy atom. The van der Waals surface area contributed by atoms with Gasteiger partial charge in [0.05, 0.1) is 17.7 Å². The predicted molar refractivity (Wildman–Crippen MR) is 77.5 cm³/mol. The first-order valence-corrected chi connectivity index (χ1v) is 6.59. The molecular weight excluding hydrogens is 296 g/mol. The van der Waals surface area contributed by atoms with Crippen LogP contribution in [0.25, 0.3) is 10.9 Å². The van der Waals surface area contributed by atoms with Gasteiger partial charge in [-0.15, -0.1) is 0 Å². The van der Waals surface area contributed by atoms with Gasteiger partial charge in [0.25, 0.3) is 5.91 Å². The van der Waals surface area contributed by atoms with E-state index in [4.69, 9.17) is 21.4 Å². The quantitative estimate of drug-likeness (QED) is 0.626. The SMILES string of the molecule is O=C(O)COCCNC(=O)c1cc(Cl)nc2ccccc12. The van der Waals surface area contributed by atoms with Crippen LogP contribution in [-0.4, -0.2) is 41.7 Å². The van der Waals surface area contributed by atoms with Gasteiger partial charge in [-0.3, -0.25) is 4.79 Å². The van der Waals surface area contributed by atoms with Crippen LogP contribution in [0.5, 0.6) is 0 Å². The van der Waals surface area contributed by atoms with Gasteiger partial charge in [-0.2, -0.15) is 0 Å². The third-order valence-corrected chi connectivity index (χ3v) is 2.88. The number of hydrogen-bond donors (Lipinski definition) is 2. The molecule has 2 aromatic rings. The lowest BCUT2D eigenvalue weighted by Crippen LogP contribution is -2.28. The van der Waals surface area contributed by atoms with Crippen molar-refractivity contribution in [1.82, 2.24) is 10.3 Å². The fourth-order valence-electron chi connectivity index (χ4n) is 1.82. The van der Waals surface area contributed by atoms with Crippen LogP contribution in [0.15, 0.2) is 30.3 Å². The number of rotatable bonds is 6. The van der Waals surface area contributed by atoms with Crippen LogP contribution in [0.4, 0.5) is 0 Å². The van der Waals surface area contributed by atoms with E-state index in [1.807, 2.05) is 12.1 Å². The Morgan fingerprint density at radius 2 is 2.10 bits per heavy atom. The van der Waals surface area contributed by atoms with Gasteiger partial charge in [-0.05, 0) is 12.1 Å². The van der Waals surface area contributed by atoms with Gasteiger partial charge in [0, 0.05) is 11.9 Å². The van der Waals surface area contributed by atoms with Crippen LogP contribution in [-0.2, 0) is 9.53 Å². The van der Waals surface area contributed by atoms with Crippen molar-refractivity contribution in [3.8, 4) is 0 Å². The summed E-state index contributed by atoms with van der Waals surface area (Å²) in [5.74, 6) is -1.36. The van der Waals surface area contributed by atoms with Gasteiger partial charge in [-0.25, -0.2) is 9.78 Å². The van der Waals surface area contributed by atoms with E-state index in [2.05, 4.69) is 10.3 Å². The molecule has 1 aromatic carbocycles. The second-order valence-electron chi connectivity index (χ2n) is 4.21. The van der Waals surface area contributed by atoms with E-state index in [9.17, 15) is 9.59 Å². The molecule has 7 heteroatoms. The van der Waals surface area contributed by atoms with Crippen LogP contribution in [0.1, 0.15) is 10.4 Å². The molecule has 1 heterocycles. The van der Waals surface area contributed by atoms with Gasteiger partial charge in [-0.1, -0.05) is 29.8 Å². The molecule has 6 nitrogen and oxygen atoms in total. The summed E-state index contributed by atoms with van der Waals surface area (Å²) in [7, 11) is 0. The van der Waals surface area contributed by atoms with Crippen molar-refractivity contribution >= 4 is 34.4 Å². The number of halogens is 1. The van der Waals surface area contributed by atoms with Crippen molar-refractivity contribution in [2.75, 3.05) is 19.8 Å². The number of benzene rings is 1. The molecule has 0 bridgehead atoms. The lowest BCUT2D eigenvalue weighted by molar-refractivity contribution is -0.142. The summed E-state index contributed by atoms with van der Waals surface area (Å²) in [5.41, 5.74) is 1.06. The molecule has 21 heavy (non-hydrogen) atoms. The van der Waals surface area contributed by atoms with E-state index in [1.54, 1.807) is 12.1 Å². The zero-order valence-electron chi connectivity index (χ0n) is 11.0. The average Bonchev–Trinajstić information content (AvgIpc) is 2.45. The number of fused-ring (bicyclic) bond motifs is 1. The highest BCUT2D eigenvalue weighted by Crippen LogP contribution is 2.20. The average molecular weight is 309 g/mol. The van der Waals surface area contributed by atoms with Crippen molar-refractivity contribution in [3.05, 3.63) is 41.0 Å². The lowest BCUT2D eigenvalue weighted by atomic mass is 10.1. The standard InChI is InChI=1S/C14H13ClN2O4/c15-12-7-10(9-3-1-2-4-11(9)17-12)14(20)16-5-6-21-8-13(18)19/h1-4,7H,5-6,8H2,(H,16,20)(H,18,19). The second-order valence-corrected chi connectivity index (χ2v) is 4.60. The fourth-order valence-corrected chi connectivity index (χ4v) is 2.02. The van der Waals surface area contributed by atoms with E-state index in [-0.39, 0.29) is 30.8 Å². The van der Waals surface area contributed by atoms with Crippen LogP contribution >= 0.6 is 11.6 Å². The van der Waals surface area contributed by atoms with E-state index >= 15 is 0 Å². The Kier molecular flexibility index (Phi) is 5.08. The predicted octanol–water partition coefficient (Wildman–Crippen LogP) is 1.72. The molecule has 0 aliphatic carbocycles. The molecule has 0 unspecified atom stereocenters. The van der Waals surface area contributed by atoms with Crippen molar-refractivity contribution in [2.24, 2.45) is 0 Å². The molecule has 1 amide bonds. The van der Waals surface area contributed by atoms with Crippen molar-refractivity contribution < 1.29 is 19.4 Å².